The molecule has 1 atom stereocenters. The highest BCUT2D eigenvalue weighted by Crippen LogP contribution is 2.21. The lowest BCUT2D eigenvalue weighted by molar-refractivity contribution is 0.529. The first kappa shape index (κ1) is 13.0. The SMILES string of the molecule is Cn1cc(C(Cc2ccc(Cl)cc2F)NN)cn1. The van der Waals surface area contributed by atoms with Crippen LogP contribution in [0.4, 0.5) is 4.39 Å². The second-order valence-electron chi connectivity index (χ2n) is 4.11. The minimum Gasteiger partial charge on any atom is -0.275 e. The van der Waals surface area contributed by atoms with Crippen molar-refractivity contribution in [2.45, 2.75) is 12.5 Å². The predicted octanol–water partition coefficient (Wildman–Crippen LogP) is 1.96. The van der Waals surface area contributed by atoms with Gasteiger partial charge < -0.3 is 0 Å². The Balaban J connectivity index is 2.20. The van der Waals surface area contributed by atoms with Crippen molar-refractivity contribution in [3.8, 4) is 0 Å². The highest BCUT2D eigenvalue weighted by atomic mass is 35.5. The molecule has 1 aromatic carbocycles. The lowest BCUT2D eigenvalue weighted by atomic mass is 10.0. The summed E-state index contributed by atoms with van der Waals surface area (Å²) < 4.78 is 15.4. The van der Waals surface area contributed by atoms with E-state index in [0.717, 1.165) is 5.56 Å². The van der Waals surface area contributed by atoms with Gasteiger partial charge in [0, 0.05) is 23.8 Å². The highest BCUT2D eigenvalue weighted by molar-refractivity contribution is 6.30. The van der Waals surface area contributed by atoms with Crippen LogP contribution in [-0.2, 0) is 13.5 Å². The lowest BCUT2D eigenvalue weighted by Crippen LogP contribution is -2.29. The van der Waals surface area contributed by atoms with Crippen LogP contribution in [-0.4, -0.2) is 9.78 Å². The van der Waals surface area contributed by atoms with Crippen molar-refractivity contribution in [2.24, 2.45) is 12.9 Å². The third-order valence-corrected chi connectivity index (χ3v) is 3.00. The normalized spacial score (nSPS) is 12.7. The molecule has 4 nitrogen and oxygen atoms in total. The van der Waals surface area contributed by atoms with Crippen LogP contribution in [0.3, 0.4) is 0 Å². The average Bonchev–Trinajstić information content (AvgIpc) is 2.75. The number of nitrogens with two attached hydrogens (primary N) is 1. The van der Waals surface area contributed by atoms with Gasteiger partial charge in [0.15, 0.2) is 0 Å². The van der Waals surface area contributed by atoms with Crippen molar-refractivity contribution in [3.63, 3.8) is 0 Å². The van der Waals surface area contributed by atoms with Gasteiger partial charge in [-0.05, 0) is 24.1 Å². The Hall–Kier alpha value is -1.43. The highest BCUT2D eigenvalue weighted by Gasteiger charge is 2.14. The summed E-state index contributed by atoms with van der Waals surface area (Å²) in [6, 6.07) is 4.44. The molecule has 18 heavy (non-hydrogen) atoms. The summed E-state index contributed by atoms with van der Waals surface area (Å²) in [5.41, 5.74) is 4.14. The van der Waals surface area contributed by atoms with Gasteiger partial charge in [-0.25, -0.2) is 4.39 Å². The molecular formula is C12H14ClFN4. The molecule has 1 aromatic heterocycles. The maximum atomic E-state index is 13.7. The Bertz CT molecular complexity index is 541. The number of benzene rings is 1. The molecule has 3 N–H and O–H groups in total. The fourth-order valence-electron chi connectivity index (χ4n) is 1.80. The molecule has 0 aliphatic heterocycles. The molecule has 0 bridgehead atoms. The molecule has 0 fully saturated rings. The van der Waals surface area contributed by atoms with Crippen LogP contribution in [0.5, 0.6) is 0 Å². The second kappa shape index (κ2) is 5.48. The summed E-state index contributed by atoms with van der Waals surface area (Å²) in [5, 5.41) is 4.45. The van der Waals surface area contributed by atoms with Crippen LogP contribution < -0.4 is 11.3 Å². The Kier molecular flexibility index (Phi) is 3.96. The number of hydrogen-bond donors (Lipinski definition) is 2. The minimum atomic E-state index is -0.327. The summed E-state index contributed by atoms with van der Waals surface area (Å²) in [6.07, 6.45) is 3.99. The Morgan fingerprint density at radius 2 is 2.33 bits per heavy atom. The number of aromatic nitrogens is 2. The first-order valence-electron chi connectivity index (χ1n) is 5.48. The number of halogens is 2. The topological polar surface area (TPSA) is 55.9 Å². The van der Waals surface area contributed by atoms with E-state index in [-0.39, 0.29) is 11.9 Å². The van der Waals surface area contributed by atoms with Gasteiger partial charge in [0.25, 0.3) is 0 Å². The van der Waals surface area contributed by atoms with E-state index in [1.807, 2.05) is 13.2 Å². The fourth-order valence-corrected chi connectivity index (χ4v) is 1.96. The van der Waals surface area contributed by atoms with Crippen molar-refractivity contribution in [2.75, 3.05) is 0 Å². The molecule has 1 unspecified atom stereocenters. The van der Waals surface area contributed by atoms with Gasteiger partial charge in [-0.15, -0.1) is 0 Å². The van der Waals surface area contributed by atoms with E-state index in [2.05, 4.69) is 10.5 Å². The molecule has 0 aliphatic carbocycles. The van der Waals surface area contributed by atoms with Crippen molar-refractivity contribution >= 4 is 11.6 Å². The van der Waals surface area contributed by atoms with Crippen LogP contribution >= 0.6 is 11.6 Å². The van der Waals surface area contributed by atoms with Gasteiger partial charge in [-0.2, -0.15) is 5.10 Å². The van der Waals surface area contributed by atoms with Gasteiger partial charge in [0.2, 0.25) is 0 Å². The molecule has 0 saturated carbocycles. The minimum absolute atomic E-state index is 0.186. The van der Waals surface area contributed by atoms with Gasteiger partial charge in [0.1, 0.15) is 5.82 Å². The van der Waals surface area contributed by atoms with Crippen LogP contribution in [0, 0.1) is 5.82 Å². The van der Waals surface area contributed by atoms with Crippen molar-refractivity contribution in [1.29, 1.82) is 0 Å². The van der Waals surface area contributed by atoms with Gasteiger partial charge in [0.05, 0.1) is 12.2 Å². The smallest absolute Gasteiger partial charge is 0.127 e. The summed E-state index contributed by atoms with van der Waals surface area (Å²) in [6.45, 7) is 0. The van der Waals surface area contributed by atoms with E-state index < -0.39 is 0 Å². The van der Waals surface area contributed by atoms with E-state index in [4.69, 9.17) is 17.4 Å². The lowest BCUT2D eigenvalue weighted by Gasteiger charge is -2.14. The summed E-state index contributed by atoms with van der Waals surface area (Å²) in [7, 11) is 1.82. The van der Waals surface area contributed by atoms with Gasteiger partial charge in [-0.1, -0.05) is 17.7 Å². The first-order valence-corrected chi connectivity index (χ1v) is 5.86. The zero-order valence-electron chi connectivity index (χ0n) is 9.90. The number of hydrogen-bond acceptors (Lipinski definition) is 3. The summed E-state index contributed by atoms with van der Waals surface area (Å²) >= 11 is 5.71. The molecule has 96 valence electrons. The Morgan fingerprint density at radius 3 is 2.89 bits per heavy atom. The molecular weight excluding hydrogens is 255 g/mol. The largest absolute Gasteiger partial charge is 0.275 e. The van der Waals surface area contributed by atoms with E-state index in [1.165, 1.54) is 6.07 Å². The third-order valence-electron chi connectivity index (χ3n) is 2.77. The molecule has 6 heteroatoms. The molecule has 0 spiro atoms. The quantitative estimate of drug-likeness (QED) is 0.658. The zero-order chi connectivity index (χ0) is 13.1. The van der Waals surface area contributed by atoms with Gasteiger partial charge >= 0.3 is 0 Å². The number of hydrazine groups is 1. The molecule has 0 aliphatic rings. The molecule has 0 radical (unpaired) electrons. The molecule has 0 amide bonds. The van der Waals surface area contributed by atoms with E-state index in [9.17, 15) is 4.39 Å². The van der Waals surface area contributed by atoms with Crippen LogP contribution in [0.15, 0.2) is 30.6 Å². The summed E-state index contributed by atoms with van der Waals surface area (Å²) in [5.74, 6) is 5.18. The standard InChI is InChI=1S/C12H14ClFN4/c1-18-7-9(6-16-18)12(17-15)4-8-2-3-10(13)5-11(8)14/h2-3,5-7,12,17H,4,15H2,1H3. The molecule has 2 aromatic rings. The monoisotopic (exact) mass is 268 g/mol. The molecule has 1 heterocycles. The number of nitrogens with one attached hydrogen (secondary N) is 1. The summed E-state index contributed by atoms with van der Waals surface area (Å²) in [4.78, 5) is 0. The van der Waals surface area contributed by atoms with Crippen LogP contribution in [0.25, 0.3) is 0 Å². The third kappa shape index (κ3) is 2.87. The molecule has 2 rings (SSSR count). The zero-order valence-corrected chi connectivity index (χ0v) is 10.7. The maximum absolute atomic E-state index is 13.7. The van der Waals surface area contributed by atoms with Crippen LogP contribution in [0.1, 0.15) is 17.2 Å². The molecule has 0 saturated heterocycles. The van der Waals surface area contributed by atoms with Crippen LogP contribution in [0.2, 0.25) is 5.02 Å². The Labute approximate surface area is 110 Å². The number of nitrogens with zero attached hydrogens (tertiary/aromatic N) is 2. The van der Waals surface area contributed by atoms with Crippen molar-refractivity contribution < 1.29 is 4.39 Å². The van der Waals surface area contributed by atoms with Gasteiger partial charge in [-0.3, -0.25) is 16.0 Å². The Morgan fingerprint density at radius 1 is 1.56 bits per heavy atom. The second-order valence-corrected chi connectivity index (χ2v) is 4.54. The fraction of sp³-hybridized carbons (Fsp3) is 0.250. The number of aryl methyl sites for hydroxylation is 1. The van der Waals surface area contributed by atoms with E-state index in [1.54, 1.807) is 23.0 Å². The van der Waals surface area contributed by atoms with Crippen molar-refractivity contribution in [3.05, 3.63) is 52.6 Å². The van der Waals surface area contributed by atoms with E-state index in [0.29, 0.717) is 17.0 Å². The van der Waals surface area contributed by atoms with Crippen molar-refractivity contribution in [1.82, 2.24) is 15.2 Å². The average molecular weight is 269 g/mol. The number of rotatable bonds is 4. The first-order chi connectivity index (χ1) is 8.60. The maximum Gasteiger partial charge on any atom is 0.127 e. The predicted molar refractivity (Wildman–Crippen MR) is 68.4 cm³/mol. The van der Waals surface area contributed by atoms with E-state index >= 15 is 0 Å².